The van der Waals surface area contributed by atoms with Gasteiger partial charge in [0, 0.05) is 13.1 Å². The van der Waals surface area contributed by atoms with Crippen molar-refractivity contribution >= 4 is 0 Å². The SMILES string of the molecule is Cc1nnc(Cn2cc(C#N)cn2)o1. The average molecular weight is 189 g/mol. The quantitative estimate of drug-likeness (QED) is 0.686. The Bertz CT molecular complexity index is 478. The second-order valence-electron chi connectivity index (χ2n) is 2.75. The summed E-state index contributed by atoms with van der Waals surface area (Å²) in [5.74, 6) is 1.00. The third-order valence-electron chi connectivity index (χ3n) is 1.63. The molecule has 0 aromatic carbocycles. The summed E-state index contributed by atoms with van der Waals surface area (Å²) in [5.41, 5.74) is 0.515. The van der Waals surface area contributed by atoms with Gasteiger partial charge in [-0.25, -0.2) is 0 Å². The molecule has 14 heavy (non-hydrogen) atoms. The number of rotatable bonds is 2. The summed E-state index contributed by atoms with van der Waals surface area (Å²) < 4.78 is 6.74. The first-order valence-corrected chi connectivity index (χ1v) is 3.99. The molecule has 0 atom stereocenters. The van der Waals surface area contributed by atoms with Crippen molar-refractivity contribution in [3.05, 3.63) is 29.7 Å². The third kappa shape index (κ3) is 1.61. The molecule has 6 nitrogen and oxygen atoms in total. The van der Waals surface area contributed by atoms with Crippen LogP contribution in [0.15, 0.2) is 16.8 Å². The number of hydrogen-bond donors (Lipinski definition) is 0. The highest BCUT2D eigenvalue weighted by Crippen LogP contribution is 2.01. The average Bonchev–Trinajstić information content (AvgIpc) is 2.76. The number of nitrogens with zero attached hydrogens (tertiary/aromatic N) is 5. The first kappa shape index (κ1) is 8.44. The minimum absolute atomic E-state index is 0.391. The largest absolute Gasteiger partial charge is 0.424 e. The molecule has 0 aliphatic rings. The van der Waals surface area contributed by atoms with Gasteiger partial charge in [-0.2, -0.15) is 10.4 Å². The second kappa shape index (κ2) is 3.30. The van der Waals surface area contributed by atoms with E-state index in [1.807, 2.05) is 6.07 Å². The lowest BCUT2D eigenvalue weighted by Crippen LogP contribution is -1.99. The Balaban J connectivity index is 2.15. The molecule has 70 valence electrons. The number of hydrogen-bond acceptors (Lipinski definition) is 5. The highest BCUT2D eigenvalue weighted by molar-refractivity contribution is 5.21. The number of aromatic nitrogens is 4. The van der Waals surface area contributed by atoms with Gasteiger partial charge in [0.15, 0.2) is 0 Å². The number of aryl methyl sites for hydroxylation is 1. The Hall–Kier alpha value is -2.16. The van der Waals surface area contributed by atoms with E-state index in [1.165, 1.54) is 6.20 Å². The molecule has 0 saturated carbocycles. The first-order valence-electron chi connectivity index (χ1n) is 3.99. The smallest absolute Gasteiger partial charge is 0.237 e. The monoisotopic (exact) mass is 189 g/mol. The standard InChI is InChI=1S/C8H7N5O/c1-6-11-12-8(14-6)5-13-4-7(2-9)3-10-13/h3-4H,5H2,1H3. The van der Waals surface area contributed by atoms with E-state index >= 15 is 0 Å². The van der Waals surface area contributed by atoms with Gasteiger partial charge >= 0.3 is 0 Å². The van der Waals surface area contributed by atoms with E-state index in [1.54, 1.807) is 17.8 Å². The third-order valence-corrected chi connectivity index (χ3v) is 1.63. The summed E-state index contributed by atoms with van der Waals surface area (Å²) in [6.07, 6.45) is 3.11. The van der Waals surface area contributed by atoms with Gasteiger partial charge in [0.25, 0.3) is 0 Å². The fraction of sp³-hybridized carbons (Fsp3) is 0.250. The van der Waals surface area contributed by atoms with Crippen LogP contribution in [0.3, 0.4) is 0 Å². The van der Waals surface area contributed by atoms with Gasteiger partial charge < -0.3 is 4.42 Å². The predicted octanol–water partition coefficient (Wildman–Crippen LogP) is 0.494. The first-order chi connectivity index (χ1) is 6.78. The van der Waals surface area contributed by atoms with Crippen LogP contribution in [-0.2, 0) is 6.54 Å². The normalized spacial score (nSPS) is 10.0. The number of nitriles is 1. The molecule has 0 saturated heterocycles. The van der Waals surface area contributed by atoms with Crippen molar-refractivity contribution in [1.82, 2.24) is 20.0 Å². The molecule has 0 aliphatic heterocycles. The van der Waals surface area contributed by atoms with E-state index in [2.05, 4.69) is 15.3 Å². The van der Waals surface area contributed by atoms with Crippen LogP contribution in [0.25, 0.3) is 0 Å². The van der Waals surface area contributed by atoms with Crippen LogP contribution in [0.4, 0.5) is 0 Å². The van der Waals surface area contributed by atoms with Crippen LogP contribution in [0, 0.1) is 18.3 Å². The fourth-order valence-electron chi connectivity index (χ4n) is 1.05. The zero-order valence-electron chi connectivity index (χ0n) is 7.51. The van der Waals surface area contributed by atoms with Crippen LogP contribution < -0.4 is 0 Å². The molecule has 6 heteroatoms. The van der Waals surface area contributed by atoms with E-state index in [4.69, 9.17) is 9.68 Å². The Morgan fingerprint density at radius 1 is 1.57 bits per heavy atom. The fourth-order valence-corrected chi connectivity index (χ4v) is 1.05. The van der Waals surface area contributed by atoms with E-state index in [0.29, 0.717) is 23.9 Å². The molecule has 0 amide bonds. The molecule has 0 aliphatic carbocycles. The molecule has 0 fully saturated rings. The Morgan fingerprint density at radius 3 is 3.00 bits per heavy atom. The minimum Gasteiger partial charge on any atom is -0.424 e. The summed E-state index contributed by atoms with van der Waals surface area (Å²) >= 11 is 0. The van der Waals surface area contributed by atoms with Gasteiger partial charge in [-0.05, 0) is 0 Å². The van der Waals surface area contributed by atoms with Crippen molar-refractivity contribution in [1.29, 1.82) is 5.26 Å². The van der Waals surface area contributed by atoms with Crippen LogP contribution in [0.1, 0.15) is 17.3 Å². The molecule has 2 heterocycles. The minimum atomic E-state index is 0.391. The summed E-state index contributed by atoms with van der Waals surface area (Å²) in [4.78, 5) is 0. The van der Waals surface area contributed by atoms with Crippen LogP contribution in [0.5, 0.6) is 0 Å². The summed E-state index contributed by atoms with van der Waals surface area (Å²) in [5, 5.41) is 20.0. The summed E-state index contributed by atoms with van der Waals surface area (Å²) in [6.45, 7) is 2.11. The molecule has 2 aromatic heterocycles. The zero-order chi connectivity index (χ0) is 9.97. The molecular weight excluding hydrogens is 182 g/mol. The maximum atomic E-state index is 8.57. The molecule has 0 unspecified atom stereocenters. The summed E-state index contributed by atoms with van der Waals surface area (Å²) in [7, 11) is 0. The lowest BCUT2D eigenvalue weighted by molar-refractivity contribution is 0.444. The molecule has 0 radical (unpaired) electrons. The van der Waals surface area contributed by atoms with Crippen molar-refractivity contribution in [3.8, 4) is 6.07 Å². The molecule has 2 aromatic rings. The highest BCUT2D eigenvalue weighted by atomic mass is 16.4. The molecule has 0 N–H and O–H groups in total. The second-order valence-corrected chi connectivity index (χ2v) is 2.75. The van der Waals surface area contributed by atoms with E-state index < -0.39 is 0 Å². The highest BCUT2D eigenvalue weighted by Gasteiger charge is 2.04. The maximum absolute atomic E-state index is 8.57. The maximum Gasteiger partial charge on any atom is 0.237 e. The lowest BCUT2D eigenvalue weighted by Gasteiger charge is -1.93. The van der Waals surface area contributed by atoms with Crippen molar-refractivity contribution in [2.24, 2.45) is 0 Å². The summed E-state index contributed by atoms with van der Waals surface area (Å²) in [6, 6.07) is 1.99. The molecular formula is C8H7N5O. The van der Waals surface area contributed by atoms with Gasteiger partial charge in [-0.15, -0.1) is 10.2 Å². The Labute approximate surface area is 79.8 Å². The molecule has 0 spiro atoms. The van der Waals surface area contributed by atoms with Gasteiger partial charge in [0.05, 0.1) is 11.8 Å². The van der Waals surface area contributed by atoms with E-state index in [-0.39, 0.29) is 0 Å². The Kier molecular flexibility index (Phi) is 1.99. The van der Waals surface area contributed by atoms with Crippen molar-refractivity contribution in [3.63, 3.8) is 0 Å². The van der Waals surface area contributed by atoms with Gasteiger partial charge in [-0.1, -0.05) is 0 Å². The van der Waals surface area contributed by atoms with Crippen molar-refractivity contribution < 1.29 is 4.42 Å². The van der Waals surface area contributed by atoms with Gasteiger partial charge in [0.1, 0.15) is 12.6 Å². The van der Waals surface area contributed by atoms with E-state index in [0.717, 1.165) is 0 Å². The lowest BCUT2D eigenvalue weighted by atomic mass is 10.4. The molecule has 0 bridgehead atoms. The Morgan fingerprint density at radius 2 is 2.43 bits per heavy atom. The van der Waals surface area contributed by atoms with Gasteiger partial charge in [-0.3, -0.25) is 4.68 Å². The van der Waals surface area contributed by atoms with Crippen LogP contribution >= 0.6 is 0 Å². The van der Waals surface area contributed by atoms with Crippen molar-refractivity contribution in [2.75, 3.05) is 0 Å². The van der Waals surface area contributed by atoms with Crippen LogP contribution in [0.2, 0.25) is 0 Å². The molecule has 2 rings (SSSR count). The zero-order valence-corrected chi connectivity index (χ0v) is 7.51. The van der Waals surface area contributed by atoms with Gasteiger partial charge in [0.2, 0.25) is 11.8 Å². The van der Waals surface area contributed by atoms with Crippen LogP contribution in [-0.4, -0.2) is 20.0 Å². The predicted molar refractivity (Wildman–Crippen MR) is 45.1 cm³/mol. The topological polar surface area (TPSA) is 80.5 Å². The van der Waals surface area contributed by atoms with Crippen molar-refractivity contribution in [2.45, 2.75) is 13.5 Å². The van der Waals surface area contributed by atoms with E-state index in [9.17, 15) is 0 Å².